The lowest BCUT2D eigenvalue weighted by atomic mass is 9.83. The largest absolute Gasteiger partial charge is 0.471 e. The number of carbonyl (C=O) groups is 3. The van der Waals surface area contributed by atoms with Gasteiger partial charge in [0.15, 0.2) is 6.29 Å². The summed E-state index contributed by atoms with van der Waals surface area (Å²) in [5, 5.41) is 65.2. The van der Waals surface area contributed by atoms with Gasteiger partial charge in [-0.3, -0.25) is 25.0 Å². The van der Waals surface area contributed by atoms with E-state index >= 15 is 0 Å². The van der Waals surface area contributed by atoms with Crippen molar-refractivity contribution in [3.05, 3.63) is 91.7 Å². The van der Waals surface area contributed by atoms with E-state index in [4.69, 9.17) is 34.2 Å². The number of alkyl carbamates (subject to hydrolysis) is 2. The van der Waals surface area contributed by atoms with Crippen LogP contribution in [0.5, 0.6) is 0 Å². The van der Waals surface area contributed by atoms with Crippen molar-refractivity contribution < 1.29 is 81.1 Å². The second kappa shape index (κ2) is 20.6. The van der Waals surface area contributed by atoms with Crippen LogP contribution in [0.25, 0.3) is 0 Å². The molecule has 11 atom stereocenters. The van der Waals surface area contributed by atoms with Crippen LogP contribution in [0.1, 0.15) is 30.9 Å². The number of non-ortho nitro benzene ring substituents is 2. The molecule has 0 aromatic heterocycles. The van der Waals surface area contributed by atoms with Gasteiger partial charge in [-0.1, -0.05) is 0 Å². The predicted octanol–water partition coefficient (Wildman–Crippen LogP) is 0.620. The number of nitrogens with two attached hydrogens (primary N) is 1. The Kier molecular flexibility index (Phi) is 15.8. The number of hydrogen-bond acceptors (Lipinski definition) is 18. The molecule has 3 aliphatic rings. The molecule has 1 aliphatic carbocycles. The molecule has 0 spiro atoms. The summed E-state index contributed by atoms with van der Waals surface area (Å²) in [6.07, 6.45) is -16.3. The number of nitro groups is 2. The molecule has 63 heavy (non-hydrogen) atoms. The number of rotatable bonds is 15. The van der Waals surface area contributed by atoms with Gasteiger partial charge in [0.2, 0.25) is 6.29 Å². The zero-order valence-corrected chi connectivity index (χ0v) is 33.5. The minimum atomic E-state index is -5.24. The van der Waals surface area contributed by atoms with Gasteiger partial charge in [-0.25, -0.2) is 9.59 Å². The normalized spacial score (nSPS) is 29.6. The quantitative estimate of drug-likeness (QED) is 0.0897. The Morgan fingerprint density at radius 3 is 1.90 bits per heavy atom. The van der Waals surface area contributed by atoms with Crippen molar-refractivity contribution in [2.24, 2.45) is 5.73 Å². The molecule has 3 amide bonds. The Morgan fingerprint density at radius 1 is 0.873 bits per heavy atom. The average Bonchev–Trinajstić information content (AvgIpc) is 3.22. The molecule has 2 fully saturated rings. The van der Waals surface area contributed by atoms with Gasteiger partial charge in [0.05, 0.1) is 41.1 Å². The number of benzene rings is 2. The third kappa shape index (κ3) is 12.7. The maximum Gasteiger partial charge on any atom is 0.471 e. The highest BCUT2D eigenvalue weighted by atomic mass is 19.4. The molecule has 1 saturated carbocycles. The Bertz CT molecular complexity index is 1980. The molecule has 26 heteroatoms. The van der Waals surface area contributed by atoms with Crippen LogP contribution in [-0.4, -0.2) is 136 Å². The fourth-order valence-electron chi connectivity index (χ4n) is 7.00. The number of hydrogen-bond donors (Lipinski definition) is 8. The molecule has 2 aliphatic heterocycles. The second-order valence-corrected chi connectivity index (χ2v) is 15.0. The van der Waals surface area contributed by atoms with Crippen LogP contribution in [0.15, 0.2) is 60.4 Å². The Balaban J connectivity index is 1.38. The van der Waals surface area contributed by atoms with Gasteiger partial charge in [-0.05, 0) is 68.3 Å². The standard InChI is InChI=1S/C37H46F3N7O16/c1-36(53)17-60-32(27(49)30(36)42-2)62-28-23(41)13-25(45-35(52)59-16-19-5-9-21(10-6-19)47(56)57)29(26(28)48)63-31-24(12-11-22(61-31)14-43-33(50)37(38,39)40)44-34(51)58-15-18-3-7-20(8-4-18)46(54)55/h3-11,23-32,42,48-49,53H,12-17,41H2,1-2H3,(H,43,50)(H,44,51)(H,45,52)/t23-,24-,25+,26-,27-,28+,29-,30-,31-,32-,36+/m1/s1. The molecule has 346 valence electrons. The van der Waals surface area contributed by atoms with Crippen molar-refractivity contribution in [1.29, 1.82) is 0 Å². The van der Waals surface area contributed by atoms with E-state index in [0.29, 0.717) is 11.1 Å². The highest BCUT2D eigenvalue weighted by molar-refractivity contribution is 5.81. The van der Waals surface area contributed by atoms with E-state index in [1.165, 1.54) is 68.6 Å². The molecule has 0 radical (unpaired) electrons. The third-order valence-corrected chi connectivity index (χ3v) is 10.3. The van der Waals surface area contributed by atoms with Crippen molar-refractivity contribution in [3.8, 4) is 0 Å². The van der Waals surface area contributed by atoms with Crippen molar-refractivity contribution in [2.45, 2.75) is 106 Å². The molecule has 5 rings (SSSR count). The fraction of sp³-hybridized carbons (Fsp3) is 0.541. The van der Waals surface area contributed by atoms with E-state index in [9.17, 15) is 63.1 Å². The number of nitrogens with one attached hydrogen (secondary N) is 4. The zero-order chi connectivity index (χ0) is 46.2. The minimum absolute atomic E-state index is 0.209. The molecule has 23 nitrogen and oxygen atoms in total. The first-order valence-electron chi connectivity index (χ1n) is 19.1. The van der Waals surface area contributed by atoms with E-state index in [-0.39, 0.29) is 49.8 Å². The Hall–Kier alpha value is -5.74. The number of carbonyl (C=O) groups excluding carboxylic acids is 3. The van der Waals surface area contributed by atoms with E-state index in [0.717, 1.165) is 0 Å². The van der Waals surface area contributed by atoms with Crippen molar-refractivity contribution in [2.75, 3.05) is 20.2 Å². The van der Waals surface area contributed by atoms with Gasteiger partial charge in [0.1, 0.15) is 49.0 Å². The van der Waals surface area contributed by atoms with E-state index in [1.54, 1.807) is 5.32 Å². The van der Waals surface area contributed by atoms with Crippen LogP contribution in [-0.2, 0) is 46.4 Å². The number of nitro benzene ring substituents is 2. The number of nitrogens with zero attached hydrogens (tertiary/aromatic N) is 2. The predicted molar refractivity (Wildman–Crippen MR) is 205 cm³/mol. The van der Waals surface area contributed by atoms with E-state index in [2.05, 4.69) is 16.0 Å². The second-order valence-electron chi connectivity index (χ2n) is 15.0. The summed E-state index contributed by atoms with van der Waals surface area (Å²) in [5.74, 6) is -2.55. The number of aliphatic hydroxyl groups excluding tert-OH is 2. The highest BCUT2D eigenvalue weighted by Gasteiger charge is 2.52. The molecule has 2 aromatic carbocycles. The van der Waals surface area contributed by atoms with Gasteiger partial charge >= 0.3 is 24.3 Å². The van der Waals surface area contributed by atoms with Gasteiger partial charge in [0.25, 0.3) is 11.4 Å². The summed E-state index contributed by atoms with van der Waals surface area (Å²) in [6.45, 7) is -0.450. The molecule has 9 N–H and O–H groups in total. The fourth-order valence-corrected chi connectivity index (χ4v) is 7.00. The zero-order valence-electron chi connectivity index (χ0n) is 33.5. The smallest absolute Gasteiger partial charge is 0.465 e. The third-order valence-electron chi connectivity index (χ3n) is 10.3. The minimum Gasteiger partial charge on any atom is -0.465 e. The molecular weight excluding hydrogens is 855 g/mol. The number of likely N-dealkylation sites (N-methyl/N-ethyl adjacent to an activating group) is 1. The van der Waals surface area contributed by atoms with Crippen LogP contribution in [0, 0.1) is 20.2 Å². The molecular formula is C37H46F3N7O16. The van der Waals surface area contributed by atoms with Crippen molar-refractivity contribution in [3.63, 3.8) is 0 Å². The summed E-state index contributed by atoms with van der Waals surface area (Å²) in [5.41, 5.74) is 5.23. The lowest BCUT2D eigenvalue weighted by molar-refractivity contribution is -0.385. The first kappa shape index (κ1) is 48.3. The van der Waals surface area contributed by atoms with Crippen LogP contribution >= 0.6 is 0 Å². The summed E-state index contributed by atoms with van der Waals surface area (Å²) < 4.78 is 73.3. The number of aliphatic hydroxyl groups is 3. The van der Waals surface area contributed by atoms with Crippen LogP contribution < -0.4 is 27.0 Å². The summed E-state index contributed by atoms with van der Waals surface area (Å²) in [6, 6.07) is 5.54. The summed E-state index contributed by atoms with van der Waals surface area (Å²) in [7, 11) is 1.48. The number of alkyl halides is 3. The Labute approximate surface area is 355 Å². The molecule has 1 saturated heterocycles. The van der Waals surface area contributed by atoms with Gasteiger partial charge < -0.3 is 70.7 Å². The summed E-state index contributed by atoms with van der Waals surface area (Å²) in [4.78, 5) is 58.7. The Morgan fingerprint density at radius 2 is 1.40 bits per heavy atom. The average molecular weight is 902 g/mol. The van der Waals surface area contributed by atoms with Crippen molar-refractivity contribution in [1.82, 2.24) is 21.3 Å². The maximum absolute atomic E-state index is 13.2. The lowest BCUT2D eigenvalue weighted by Crippen LogP contribution is -2.69. The first-order chi connectivity index (χ1) is 29.7. The van der Waals surface area contributed by atoms with E-state index in [1.807, 2.05) is 0 Å². The van der Waals surface area contributed by atoms with Crippen LogP contribution in [0.3, 0.4) is 0 Å². The molecule has 0 bridgehead atoms. The maximum atomic E-state index is 13.2. The number of halogens is 3. The van der Waals surface area contributed by atoms with E-state index < -0.39 is 107 Å². The van der Waals surface area contributed by atoms with Gasteiger partial charge in [-0.15, -0.1) is 0 Å². The monoisotopic (exact) mass is 901 g/mol. The highest BCUT2D eigenvalue weighted by Crippen LogP contribution is 2.33. The van der Waals surface area contributed by atoms with Crippen molar-refractivity contribution >= 4 is 29.5 Å². The first-order valence-corrected chi connectivity index (χ1v) is 19.1. The topological polar surface area (TPSA) is 328 Å². The number of amides is 3. The summed E-state index contributed by atoms with van der Waals surface area (Å²) >= 11 is 0. The van der Waals surface area contributed by atoms with Crippen LogP contribution in [0.2, 0.25) is 0 Å². The number of ether oxygens (including phenoxy) is 6. The van der Waals surface area contributed by atoms with Gasteiger partial charge in [-0.2, -0.15) is 13.2 Å². The molecule has 2 heterocycles. The molecule has 2 aromatic rings. The van der Waals surface area contributed by atoms with Gasteiger partial charge in [0, 0.05) is 30.3 Å². The van der Waals surface area contributed by atoms with Crippen LogP contribution in [0.4, 0.5) is 34.1 Å². The SMILES string of the molecule is CN[C@@H]1[C@@H](O)[C@@H](O[C@@H]2[C@@H](O)[C@H](O[C@H]3OC(CNC(=O)C(F)(F)F)=CC[C@H]3NC(=O)OCc3ccc([N+](=O)[O-])cc3)[C@@H](NC(=O)OCc3ccc([N+](=O)[O-])cc3)C[C@H]2N)OC[C@]1(C)O. The molecule has 0 unspecified atom stereocenters. The lowest BCUT2D eigenvalue weighted by Gasteiger charge is -2.48.